The quantitative estimate of drug-likeness (QED) is 0.707. The first-order valence-electron chi connectivity index (χ1n) is 4.83. The molecular weight excluding hydrogens is 230 g/mol. The van der Waals surface area contributed by atoms with E-state index >= 15 is 0 Å². The Balaban J connectivity index is 2.38. The van der Waals surface area contributed by atoms with Crippen LogP contribution in [0.1, 0.15) is 23.8 Å². The topological polar surface area (TPSA) is 72.4 Å². The molecule has 16 heavy (non-hydrogen) atoms. The highest BCUT2D eigenvalue weighted by Gasteiger charge is 2.15. The molecule has 1 rings (SSSR count). The summed E-state index contributed by atoms with van der Waals surface area (Å²) in [6.07, 6.45) is 1.60. The van der Waals surface area contributed by atoms with Crippen molar-refractivity contribution in [2.75, 3.05) is 20.2 Å². The summed E-state index contributed by atoms with van der Waals surface area (Å²) in [6, 6.07) is 0. The van der Waals surface area contributed by atoms with Crippen LogP contribution in [0.25, 0.3) is 0 Å². The Morgan fingerprint density at radius 1 is 1.56 bits per heavy atom. The van der Waals surface area contributed by atoms with Crippen LogP contribution in [0.15, 0.2) is 6.20 Å². The van der Waals surface area contributed by atoms with Gasteiger partial charge in [0.1, 0.15) is 0 Å². The van der Waals surface area contributed by atoms with E-state index in [4.69, 9.17) is 4.74 Å². The molecule has 1 aromatic heterocycles. The monoisotopic (exact) mass is 243 g/mol. The SMILES string of the molecule is CCOC(=O)CCN(C)C(=O)c1cnsn1. The first kappa shape index (κ1) is 12.6. The first-order chi connectivity index (χ1) is 7.65. The number of nitrogens with zero attached hydrogens (tertiary/aromatic N) is 3. The van der Waals surface area contributed by atoms with Crippen LogP contribution in [0.3, 0.4) is 0 Å². The minimum Gasteiger partial charge on any atom is -0.466 e. The molecule has 0 atom stereocenters. The molecule has 0 fully saturated rings. The second-order valence-corrected chi connectivity index (χ2v) is 3.63. The molecule has 0 aliphatic heterocycles. The molecule has 0 saturated carbocycles. The van der Waals surface area contributed by atoms with E-state index in [1.54, 1.807) is 14.0 Å². The molecule has 0 spiro atoms. The van der Waals surface area contributed by atoms with Gasteiger partial charge in [0.05, 0.1) is 31.0 Å². The lowest BCUT2D eigenvalue weighted by atomic mass is 10.3. The molecule has 0 radical (unpaired) electrons. The highest BCUT2D eigenvalue weighted by Crippen LogP contribution is 2.01. The first-order valence-corrected chi connectivity index (χ1v) is 5.56. The molecule has 6 nitrogen and oxygen atoms in total. The van der Waals surface area contributed by atoms with E-state index in [0.717, 1.165) is 11.7 Å². The molecule has 7 heteroatoms. The van der Waals surface area contributed by atoms with Gasteiger partial charge in [-0.3, -0.25) is 9.59 Å². The van der Waals surface area contributed by atoms with Gasteiger partial charge in [-0.15, -0.1) is 0 Å². The highest BCUT2D eigenvalue weighted by molar-refractivity contribution is 6.99. The van der Waals surface area contributed by atoms with Gasteiger partial charge < -0.3 is 9.64 Å². The van der Waals surface area contributed by atoms with Crippen LogP contribution >= 0.6 is 11.7 Å². The van der Waals surface area contributed by atoms with E-state index in [-0.39, 0.29) is 18.3 Å². The zero-order valence-electron chi connectivity index (χ0n) is 9.17. The van der Waals surface area contributed by atoms with Crippen molar-refractivity contribution in [1.82, 2.24) is 13.6 Å². The van der Waals surface area contributed by atoms with E-state index in [2.05, 4.69) is 8.75 Å². The third-order valence-corrected chi connectivity index (χ3v) is 2.36. The van der Waals surface area contributed by atoms with E-state index < -0.39 is 0 Å². The van der Waals surface area contributed by atoms with Crippen molar-refractivity contribution in [3.8, 4) is 0 Å². The van der Waals surface area contributed by atoms with Crippen molar-refractivity contribution in [2.45, 2.75) is 13.3 Å². The Labute approximate surface area is 97.5 Å². The molecule has 88 valence electrons. The normalized spacial score (nSPS) is 9.88. The molecule has 0 unspecified atom stereocenters. The van der Waals surface area contributed by atoms with Gasteiger partial charge >= 0.3 is 5.97 Å². The van der Waals surface area contributed by atoms with Gasteiger partial charge in [0.2, 0.25) is 0 Å². The summed E-state index contributed by atoms with van der Waals surface area (Å²) >= 11 is 0.979. The van der Waals surface area contributed by atoms with Crippen LogP contribution in [0, 0.1) is 0 Å². The maximum absolute atomic E-state index is 11.7. The predicted molar refractivity (Wildman–Crippen MR) is 58.1 cm³/mol. The number of aromatic nitrogens is 2. The predicted octanol–water partition coefficient (Wildman–Crippen LogP) is 0.563. The molecule has 1 amide bonds. The van der Waals surface area contributed by atoms with Crippen molar-refractivity contribution in [3.63, 3.8) is 0 Å². The van der Waals surface area contributed by atoms with Crippen LogP contribution in [0.2, 0.25) is 0 Å². The number of esters is 1. The Kier molecular flexibility index (Phi) is 4.84. The van der Waals surface area contributed by atoms with Gasteiger partial charge in [-0.2, -0.15) is 8.75 Å². The lowest BCUT2D eigenvalue weighted by Gasteiger charge is -2.14. The summed E-state index contributed by atoms with van der Waals surface area (Å²) < 4.78 is 12.3. The third kappa shape index (κ3) is 3.58. The van der Waals surface area contributed by atoms with Gasteiger partial charge in [-0.05, 0) is 6.92 Å². The number of hydrogen-bond donors (Lipinski definition) is 0. The van der Waals surface area contributed by atoms with Gasteiger partial charge in [-0.25, -0.2) is 0 Å². The van der Waals surface area contributed by atoms with Crippen molar-refractivity contribution in [2.24, 2.45) is 0 Å². The maximum Gasteiger partial charge on any atom is 0.307 e. The van der Waals surface area contributed by atoms with E-state index in [1.807, 2.05) is 0 Å². The molecule has 0 aliphatic rings. The van der Waals surface area contributed by atoms with E-state index in [1.165, 1.54) is 11.1 Å². The zero-order chi connectivity index (χ0) is 12.0. The van der Waals surface area contributed by atoms with Crippen molar-refractivity contribution >= 4 is 23.6 Å². The lowest BCUT2D eigenvalue weighted by molar-refractivity contribution is -0.143. The number of amides is 1. The smallest absolute Gasteiger partial charge is 0.307 e. The number of ether oxygens (including phenoxy) is 1. The summed E-state index contributed by atoms with van der Waals surface area (Å²) in [5, 5.41) is 0. The van der Waals surface area contributed by atoms with Crippen molar-refractivity contribution in [1.29, 1.82) is 0 Å². The van der Waals surface area contributed by atoms with Crippen molar-refractivity contribution in [3.05, 3.63) is 11.9 Å². The fraction of sp³-hybridized carbons (Fsp3) is 0.556. The summed E-state index contributed by atoms with van der Waals surface area (Å²) in [5.41, 5.74) is 0.302. The van der Waals surface area contributed by atoms with Crippen LogP contribution in [-0.4, -0.2) is 45.7 Å². The fourth-order valence-electron chi connectivity index (χ4n) is 1.05. The Morgan fingerprint density at radius 2 is 2.31 bits per heavy atom. The second kappa shape index (κ2) is 6.16. The Morgan fingerprint density at radius 3 is 2.88 bits per heavy atom. The largest absolute Gasteiger partial charge is 0.466 e. The summed E-state index contributed by atoms with van der Waals surface area (Å²) in [7, 11) is 1.61. The minimum absolute atomic E-state index is 0.188. The molecule has 0 saturated heterocycles. The van der Waals surface area contributed by atoms with Gasteiger partial charge in [-0.1, -0.05) is 0 Å². The van der Waals surface area contributed by atoms with Crippen LogP contribution < -0.4 is 0 Å². The maximum atomic E-state index is 11.7. The number of carbonyl (C=O) groups excluding carboxylic acids is 2. The zero-order valence-corrected chi connectivity index (χ0v) is 9.99. The molecular formula is C9H13N3O3S. The summed E-state index contributed by atoms with van der Waals surface area (Å²) in [5.74, 6) is -0.545. The van der Waals surface area contributed by atoms with Crippen LogP contribution in [0.4, 0.5) is 0 Å². The van der Waals surface area contributed by atoms with Gasteiger partial charge in [0.15, 0.2) is 5.69 Å². The number of carbonyl (C=O) groups is 2. The minimum atomic E-state index is -0.307. The molecule has 1 aromatic rings. The molecule has 0 aliphatic carbocycles. The highest BCUT2D eigenvalue weighted by atomic mass is 32.1. The third-order valence-electron chi connectivity index (χ3n) is 1.88. The van der Waals surface area contributed by atoms with Gasteiger partial charge in [0.25, 0.3) is 5.91 Å². The van der Waals surface area contributed by atoms with Crippen molar-refractivity contribution < 1.29 is 14.3 Å². The molecule has 0 bridgehead atoms. The average Bonchev–Trinajstić information content (AvgIpc) is 2.78. The summed E-state index contributed by atoms with van der Waals surface area (Å²) in [6.45, 7) is 2.41. The number of hydrogen-bond acceptors (Lipinski definition) is 6. The standard InChI is InChI=1S/C9H13N3O3S/c1-3-15-8(13)4-5-12(2)9(14)7-6-10-16-11-7/h6H,3-5H2,1-2H3. The van der Waals surface area contributed by atoms with Crippen LogP contribution in [-0.2, 0) is 9.53 Å². The molecule has 0 aromatic carbocycles. The Hall–Kier alpha value is -1.50. The Bertz CT molecular complexity index is 353. The average molecular weight is 243 g/mol. The molecule has 1 heterocycles. The summed E-state index contributed by atoms with van der Waals surface area (Å²) in [4.78, 5) is 24.1. The van der Waals surface area contributed by atoms with E-state index in [9.17, 15) is 9.59 Å². The van der Waals surface area contributed by atoms with Crippen LogP contribution in [0.5, 0.6) is 0 Å². The lowest BCUT2D eigenvalue weighted by Crippen LogP contribution is -2.29. The fourth-order valence-corrected chi connectivity index (χ4v) is 1.46. The van der Waals surface area contributed by atoms with E-state index in [0.29, 0.717) is 18.8 Å². The molecule has 0 N–H and O–H groups in total. The number of rotatable bonds is 5. The van der Waals surface area contributed by atoms with Gasteiger partial charge in [0, 0.05) is 13.6 Å². The second-order valence-electron chi connectivity index (χ2n) is 3.07.